The van der Waals surface area contributed by atoms with Crippen molar-refractivity contribution in [2.75, 3.05) is 38.2 Å². The number of fused-ring (bicyclic) bond motifs is 1. The van der Waals surface area contributed by atoms with Crippen molar-refractivity contribution in [3.8, 4) is 5.75 Å². The second kappa shape index (κ2) is 8.14. The summed E-state index contributed by atoms with van der Waals surface area (Å²) in [6, 6.07) is 11.7. The average Bonchev–Trinajstić information content (AvgIpc) is 2.73. The number of carbonyl (C=O) groups excluding carboxylic acids is 1. The molecule has 28 heavy (non-hydrogen) atoms. The molecule has 0 N–H and O–H groups in total. The van der Waals surface area contributed by atoms with E-state index < -0.39 is 0 Å². The Bertz CT molecular complexity index is 1000. The summed E-state index contributed by atoms with van der Waals surface area (Å²) in [6.45, 7) is 2.95. The van der Waals surface area contributed by atoms with Crippen LogP contribution in [-0.2, 0) is 11.2 Å². The molecule has 1 fully saturated rings. The highest BCUT2D eigenvalue weighted by molar-refractivity contribution is 9.10. The maximum atomic E-state index is 12.7. The van der Waals surface area contributed by atoms with E-state index >= 15 is 0 Å². The van der Waals surface area contributed by atoms with Gasteiger partial charge in [0.05, 0.1) is 24.7 Å². The van der Waals surface area contributed by atoms with Crippen LogP contribution in [0, 0.1) is 0 Å². The molecule has 0 radical (unpaired) electrons. The van der Waals surface area contributed by atoms with Crippen molar-refractivity contribution in [2.24, 2.45) is 0 Å². The van der Waals surface area contributed by atoms with Crippen molar-refractivity contribution < 1.29 is 9.53 Å². The summed E-state index contributed by atoms with van der Waals surface area (Å²) < 4.78 is 6.16. The molecule has 3 aromatic rings. The molecule has 0 unspecified atom stereocenters. The number of halogens is 1. The van der Waals surface area contributed by atoms with Gasteiger partial charge in [-0.1, -0.05) is 12.1 Å². The number of hydrogen-bond acceptors (Lipinski definition) is 5. The summed E-state index contributed by atoms with van der Waals surface area (Å²) >= 11 is 3.44. The molecule has 0 atom stereocenters. The van der Waals surface area contributed by atoms with E-state index in [-0.39, 0.29) is 5.91 Å². The van der Waals surface area contributed by atoms with Crippen molar-refractivity contribution in [3.63, 3.8) is 0 Å². The van der Waals surface area contributed by atoms with Crippen LogP contribution in [0.5, 0.6) is 5.75 Å². The van der Waals surface area contributed by atoms with Crippen LogP contribution < -0.4 is 9.64 Å². The van der Waals surface area contributed by atoms with Crippen LogP contribution in [0.25, 0.3) is 11.0 Å². The van der Waals surface area contributed by atoms with Gasteiger partial charge in [0.2, 0.25) is 5.91 Å². The first-order valence-corrected chi connectivity index (χ1v) is 9.99. The normalized spacial score (nSPS) is 14.4. The van der Waals surface area contributed by atoms with Crippen LogP contribution in [0.3, 0.4) is 0 Å². The number of benzene rings is 1. The molecule has 1 aliphatic rings. The van der Waals surface area contributed by atoms with Crippen molar-refractivity contribution in [3.05, 3.63) is 58.8 Å². The minimum Gasteiger partial charge on any atom is -0.497 e. The summed E-state index contributed by atoms with van der Waals surface area (Å²) in [7, 11) is 1.64. The lowest BCUT2D eigenvalue weighted by atomic mass is 10.1. The van der Waals surface area contributed by atoms with Gasteiger partial charge in [-0.2, -0.15) is 0 Å². The predicted octanol–water partition coefficient (Wildman–Crippen LogP) is 3.29. The minimum absolute atomic E-state index is 0.148. The van der Waals surface area contributed by atoms with Crippen LogP contribution in [-0.4, -0.2) is 54.1 Å². The van der Waals surface area contributed by atoms with Crippen LogP contribution in [0.2, 0.25) is 0 Å². The number of ether oxygens (including phenoxy) is 1. The lowest BCUT2D eigenvalue weighted by molar-refractivity contribution is -0.130. The number of aromatic nitrogens is 2. The molecule has 6 nitrogen and oxygen atoms in total. The van der Waals surface area contributed by atoms with Gasteiger partial charge >= 0.3 is 0 Å². The van der Waals surface area contributed by atoms with Crippen molar-refractivity contribution in [1.82, 2.24) is 14.9 Å². The third-order valence-electron chi connectivity index (χ3n) is 4.99. The Labute approximate surface area is 172 Å². The highest BCUT2D eigenvalue weighted by Crippen LogP contribution is 2.26. The van der Waals surface area contributed by atoms with E-state index in [0.717, 1.165) is 45.6 Å². The Balaban J connectivity index is 1.42. The number of nitrogens with zero attached hydrogens (tertiary/aromatic N) is 4. The number of amides is 1. The van der Waals surface area contributed by atoms with Crippen LogP contribution in [0.4, 0.5) is 5.69 Å². The van der Waals surface area contributed by atoms with Crippen molar-refractivity contribution in [1.29, 1.82) is 0 Å². The molecule has 1 aromatic carbocycles. The number of pyridine rings is 2. The quantitative estimate of drug-likeness (QED) is 0.622. The second-order valence-electron chi connectivity index (χ2n) is 6.75. The molecule has 144 valence electrons. The first-order chi connectivity index (χ1) is 13.6. The standard InChI is InChI=1S/C21H21BrN4O2/c1-28-17-4-2-3-15(11-17)12-20(27)26-9-7-25(8-10-26)19-5-6-23-18-13-16(22)14-24-21(18)19/h2-6,11,13-14H,7-10,12H2,1H3. The average molecular weight is 441 g/mol. The van der Waals surface area contributed by atoms with Gasteiger partial charge in [-0.05, 0) is 45.8 Å². The maximum Gasteiger partial charge on any atom is 0.227 e. The van der Waals surface area contributed by atoms with E-state index in [2.05, 4.69) is 30.8 Å². The molecule has 0 bridgehead atoms. The Morgan fingerprint density at radius 2 is 1.96 bits per heavy atom. The first kappa shape index (κ1) is 18.7. The predicted molar refractivity (Wildman–Crippen MR) is 113 cm³/mol. The third kappa shape index (κ3) is 3.94. The van der Waals surface area contributed by atoms with Crippen LogP contribution >= 0.6 is 15.9 Å². The van der Waals surface area contributed by atoms with Gasteiger partial charge in [0.1, 0.15) is 11.3 Å². The fourth-order valence-electron chi connectivity index (χ4n) is 3.51. The summed E-state index contributed by atoms with van der Waals surface area (Å²) in [4.78, 5) is 25.9. The summed E-state index contributed by atoms with van der Waals surface area (Å²) in [6.07, 6.45) is 4.00. The zero-order valence-corrected chi connectivity index (χ0v) is 17.2. The van der Waals surface area contributed by atoms with Gasteiger partial charge in [0.15, 0.2) is 0 Å². The maximum absolute atomic E-state index is 12.7. The number of carbonyl (C=O) groups is 1. The molecule has 2 aromatic heterocycles. The van der Waals surface area contributed by atoms with Crippen molar-refractivity contribution in [2.45, 2.75) is 6.42 Å². The third-order valence-corrected chi connectivity index (χ3v) is 5.42. The Morgan fingerprint density at radius 1 is 1.14 bits per heavy atom. The lowest BCUT2D eigenvalue weighted by Gasteiger charge is -2.36. The zero-order valence-electron chi connectivity index (χ0n) is 15.6. The molecule has 3 heterocycles. The number of rotatable bonds is 4. The van der Waals surface area contributed by atoms with Gasteiger partial charge in [-0.3, -0.25) is 14.8 Å². The Morgan fingerprint density at radius 3 is 2.75 bits per heavy atom. The molecule has 1 aliphatic heterocycles. The molecule has 7 heteroatoms. The number of anilines is 1. The van der Waals surface area contributed by atoms with E-state index in [1.807, 2.05) is 47.5 Å². The van der Waals surface area contributed by atoms with Gasteiger partial charge < -0.3 is 14.5 Å². The minimum atomic E-state index is 0.148. The monoisotopic (exact) mass is 440 g/mol. The van der Waals surface area contributed by atoms with E-state index in [0.29, 0.717) is 19.5 Å². The molecule has 4 rings (SSSR count). The molecule has 1 amide bonds. The molecule has 0 spiro atoms. The van der Waals surface area contributed by atoms with E-state index in [1.165, 1.54) is 0 Å². The largest absolute Gasteiger partial charge is 0.497 e. The molecular formula is C21H21BrN4O2. The summed E-state index contributed by atoms with van der Waals surface area (Å²) in [5, 5.41) is 0. The smallest absolute Gasteiger partial charge is 0.227 e. The van der Waals surface area contributed by atoms with Gasteiger partial charge in [-0.15, -0.1) is 0 Å². The second-order valence-corrected chi connectivity index (χ2v) is 7.66. The fourth-order valence-corrected chi connectivity index (χ4v) is 3.83. The van der Waals surface area contributed by atoms with Crippen LogP contribution in [0.15, 0.2) is 53.3 Å². The SMILES string of the molecule is COc1cccc(CC(=O)N2CCN(c3ccnc4cc(Br)cnc34)CC2)c1. The highest BCUT2D eigenvalue weighted by atomic mass is 79.9. The molecule has 1 saturated heterocycles. The Hall–Kier alpha value is -2.67. The van der Waals surface area contributed by atoms with Gasteiger partial charge in [0, 0.05) is 43.0 Å². The first-order valence-electron chi connectivity index (χ1n) is 9.20. The highest BCUT2D eigenvalue weighted by Gasteiger charge is 2.23. The number of hydrogen-bond donors (Lipinski definition) is 0. The summed E-state index contributed by atoms with van der Waals surface area (Å²) in [5.74, 6) is 0.924. The Kier molecular flexibility index (Phi) is 5.43. The lowest BCUT2D eigenvalue weighted by Crippen LogP contribution is -2.49. The molecule has 0 aliphatic carbocycles. The topological polar surface area (TPSA) is 58.6 Å². The molecular weight excluding hydrogens is 420 g/mol. The van der Waals surface area contributed by atoms with Crippen LogP contribution in [0.1, 0.15) is 5.56 Å². The summed E-state index contributed by atoms with van der Waals surface area (Å²) in [5.41, 5.74) is 3.80. The fraction of sp³-hybridized carbons (Fsp3) is 0.286. The number of methoxy groups -OCH3 is 1. The van der Waals surface area contributed by atoms with Gasteiger partial charge in [-0.25, -0.2) is 0 Å². The van der Waals surface area contributed by atoms with Gasteiger partial charge in [0.25, 0.3) is 0 Å². The number of piperazine rings is 1. The zero-order chi connectivity index (χ0) is 19.5. The van der Waals surface area contributed by atoms with Crippen molar-refractivity contribution >= 4 is 38.6 Å². The van der Waals surface area contributed by atoms with E-state index in [4.69, 9.17) is 4.74 Å². The molecule has 0 saturated carbocycles. The van der Waals surface area contributed by atoms with E-state index in [1.54, 1.807) is 13.3 Å². The van der Waals surface area contributed by atoms with E-state index in [9.17, 15) is 4.79 Å².